The van der Waals surface area contributed by atoms with Crippen LogP contribution in [0.15, 0.2) is 58.3 Å². The maximum atomic E-state index is 13.2. The van der Waals surface area contributed by atoms with Crippen LogP contribution in [0.3, 0.4) is 0 Å². The summed E-state index contributed by atoms with van der Waals surface area (Å²) in [6.45, 7) is 0.276. The number of fused-ring (bicyclic) bond motifs is 6. The van der Waals surface area contributed by atoms with E-state index in [2.05, 4.69) is 0 Å². The van der Waals surface area contributed by atoms with Crippen molar-refractivity contribution in [2.45, 2.75) is 27.0 Å². The molecule has 10 heteroatoms. The van der Waals surface area contributed by atoms with E-state index in [9.17, 15) is 16.8 Å². The zero-order valence-electron chi connectivity index (χ0n) is 15.5. The molecule has 3 heterocycles. The molecule has 1 fully saturated rings. The molecule has 3 aliphatic rings. The van der Waals surface area contributed by atoms with Gasteiger partial charge >= 0.3 is 0 Å². The lowest BCUT2D eigenvalue weighted by atomic mass is 10.2. The van der Waals surface area contributed by atoms with Gasteiger partial charge in [0.1, 0.15) is 0 Å². The molecule has 0 aliphatic carbocycles. The molecule has 0 bridgehead atoms. The zero-order chi connectivity index (χ0) is 20.2. The van der Waals surface area contributed by atoms with Crippen molar-refractivity contribution >= 4 is 43.6 Å². The highest BCUT2D eigenvalue weighted by atomic mass is 32.2. The van der Waals surface area contributed by atoms with Crippen LogP contribution in [-0.4, -0.2) is 50.0 Å². The molecular formula is C19H20N2O4S4. The number of nitrogens with zero attached hydrogens (tertiary/aromatic N) is 2. The van der Waals surface area contributed by atoms with Crippen molar-refractivity contribution in [1.82, 2.24) is 8.61 Å². The number of benzene rings is 2. The molecule has 0 unspecified atom stereocenters. The van der Waals surface area contributed by atoms with Gasteiger partial charge in [0.15, 0.2) is 0 Å². The summed E-state index contributed by atoms with van der Waals surface area (Å²) in [7, 11) is -7.27. The Balaban J connectivity index is 1.54. The van der Waals surface area contributed by atoms with Crippen molar-refractivity contribution in [2.24, 2.45) is 0 Å². The maximum Gasteiger partial charge on any atom is 0.244 e. The second kappa shape index (κ2) is 7.28. The molecule has 0 N–H and O–H groups in total. The summed E-state index contributed by atoms with van der Waals surface area (Å²) in [5.41, 5.74) is 1.60. The summed E-state index contributed by atoms with van der Waals surface area (Å²) in [5.74, 6) is 1.64. The van der Waals surface area contributed by atoms with E-state index >= 15 is 0 Å². The van der Waals surface area contributed by atoms with E-state index in [0.29, 0.717) is 9.79 Å². The number of rotatable bonds is 0. The largest absolute Gasteiger partial charge is 0.244 e. The van der Waals surface area contributed by atoms with Gasteiger partial charge in [0.05, 0.1) is 20.5 Å². The van der Waals surface area contributed by atoms with Gasteiger partial charge in [-0.15, -0.1) is 23.5 Å². The van der Waals surface area contributed by atoms with Gasteiger partial charge in [-0.1, -0.05) is 36.4 Å². The lowest BCUT2D eigenvalue weighted by Crippen LogP contribution is -2.37. The molecule has 2 aromatic rings. The van der Waals surface area contributed by atoms with Gasteiger partial charge < -0.3 is 0 Å². The maximum absolute atomic E-state index is 13.2. The number of sulfonamides is 2. The first-order valence-electron chi connectivity index (χ1n) is 9.37. The standard InChI is InChI=1S/C19H20N2O4S4/c22-28(23)16-8-3-1-6-14(16)18-20(28)10-11-21-19(27-13-5-12-26-18)15-7-2-4-9-17(15)29(21,24)25/h1-4,6-9,18-19H,5,10-13H2/t18-,19-/m1/s1. The van der Waals surface area contributed by atoms with Gasteiger partial charge in [0, 0.05) is 24.2 Å². The summed E-state index contributed by atoms with van der Waals surface area (Å²) in [5, 5.41) is -0.601. The summed E-state index contributed by atoms with van der Waals surface area (Å²) in [6.07, 6.45) is 0.883. The van der Waals surface area contributed by atoms with Crippen LogP contribution in [-0.2, 0) is 20.0 Å². The van der Waals surface area contributed by atoms with Crippen LogP contribution >= 0.6 is 23.5 Å². The first-order valence-corrected chi connectivity index (χ1v) is 14.3. The first kappa shape index (κ1) is 19.9. The van der Waals surface area contributed by atoms with Gasteiger partial charge in [-0.05, 0) is 30.1 Å². The minimum absolute atomic E-state index is 0.138. The number of thioether (sulfide) groups is 2. The van der Waals surface area contributed by atoms with Crippen molar-refractivity contribution in [3.63, 3.8) is 0 Å². The molecule has 6 nitrogen and oxygen atoms in total. The van der Waals surface area contributed by atoms with Crippen LogP contribution in [0.5, 0.6) is 0 Å². The third-order valence-electron chi connectivity index (χ3n) is 5.45. The van der Waals surface area contributed by atoms with Crippen LogP contribution in [0.4, 0.5) is 0 Å². The Morgan fingerprint density at radius 3 is 1.55 bits per heavy atom. The van der Waals surface area contributed by atoms with Crippen molar-refractivity contribution in [3.05, 3.63) is 59.7 Å². The Hall–Kier alpha value is -1.04. The van der Waals surface area contributed by atoms with Crippen LogP contribution in [0.25, 0.3) is 0 Å². The predicted octanol–water partition coefficient (Wildman–Crippen LogP) is 3.26. The van der Waals surface area contributed by atoms with E-state index in [4.69, 9.17) is 0 Å². The lowest BCUT2D eigenvalue weighted by molar-refractivity contribution is 0.345. The Labute approximate surface area is 179 Å². The average Bonchev–Trinajstić information content (AvgIpc) is 3.03. The third kappa shape index (κ3) is 3.07. The predicted molar refractivity (Wildman–Crippen MR) is 116 cm³/mol. The van der Waals surface area contributed by atoms with Crippen LogP contribution < -0.4 is 0 Å². The van der Waals surface area contributed by atoms with Gasteiger partial charge in [-0.3, -0.25) is 0 Å². The van der Waals surface area contributed by atoms with E-state index in [1.165, 1.54) is 8.61 Å². The van der Waals surface area contributed by atoms with Crippen molar-refractivity contribution in [2.75, 3.05) is 24.6 Å². The molecule has 29 heavy (non-hydrogen) atoms. The van der Waals surface area contributed by atoms with Crippen LogP contribution in [0.1, 0.15) is 28.3 Å². The van der Waals surface area contributed by atoms with Crippen LogP contribution in [0, 0.1) is 0 Å². The molecule has 2 aromatic carbocycles. The Bertz CT molecular complexity index is 1070. The molecule has 0 spiro atoms. The Morgan fingerprint density at radius 2 is 1.10 bits per heavy atom. The highest BCUT2D eigenvalue weighted by Gasteiger charge is 2.46. The monoisotopic (exact) mass is 468 g/mol. The fourth-order valence-electron chi connectivity index (χ4n) is 4.12. The molecule has 0 aromatic heterocycles. The lowest BCUT2D eigenvalue weighted by Gasteiger charge is -2.27. The molecule has 2 atom stereocenters. The van der Waals surface area contributed by atoms with Crippen molar-refractivity contribution in [1.29, 1.82) is 0 Å². The molecule has 5 rings (SSSR count). The molecule has 0 radical (unpaired) electrons. The number of hydrogen-bond acceptors (Lipinski definition) is 6. The smallest absolute Gasteiger partial charge is 0.207 e. The van der Waals surface area contributed by atoms with Crippen molar-refractivity contribution in [3.8, 4) is 0 Å². The first-order chi connectivity index (χ1) is 13.9. The highest BCUT2D eigenvalue weighted by Crippen LogP contribution is 2.49. The molecule has 0 amide bonds. The average molecular weight is 469 g/mol. The highest BCUT2D eigenvalue weighted by molar-refractivity contribution is 8.01. The summed E-state index contributed by atoms with van der Waals surface area (Å²) in [4.78, 5) is 0.682. The SMILES string of the molecule is O=S1(=O)c2ccccc2[C@H]2SCCCS[C@@H]3c4ccccc4S(=O)(=O)N3CCN21. The second-order valence-electron chi connectivity index (χ2n) is 7.11. The minimum Gasteiger partial charge on any atom is -0.207 e. The fraction of sp³-hybridized carbons (Fsp3) is 0.368. The Kier molecular flexibility index (Phi) is 4.99. The normalized spacial score (nSPS) is 28.6. The summed E-state index contributed by atoms with van der Waals surface area (Å²) in [6, 6.07) is 14.2. The quantitative estimate of drug-likeness (QED) is 0.591. The summed E-state index contributed by atoms with van der Waals surface area (Å²) >= 11 is 3.25. The van der Waals surface area contributed by atoms with Gasteiger partial charge in [-0.25, -0.2) is 16.8 Å². The fourth-order valence-corrected chi connectivity index (χ4v) is 11.2. The van der Waals surface area contributed by atoms with Crippen LogP contribution in [0.2, 0.25) is 0 Å². The molecule has 0 saturated carbocycles. The topological polar surface area (TPSA) is 74.8 Å². The molecular weight excluding hydrogens is 448 g/mol. The molecule has 154 valence electrons. The molecule has 1 saturated heterocycles. The van der Waals surface area contributed by atoms with E-state index in [-0.39, 0.29) is 23.8 Å². The van der Waals surface area contributed by atoms with E-state index in [0.717, 1.165) is 29.1 Å². The Morgan fingerprint density at radius 1 is 0.690 bits per heavy atom. The number of hydrogen-bond donors (Lipinski definition) is 0. The van der Waals surface area contributed by atoms with E-state index in [1.54, 1.807) is 47.8 Å². The molecule has 3 aliphatic heterocycles. The van der Waals surface area contributed by atoms with Gasteiger partial charge in [0.2, 0.25) is 20.0 Å². The van der Waals surface area contributed by atoms with Crippen molar-refractivity contribution < 1.29 is 16.8 Å². The van der Waals surface area contributed by atoms with Gasteiger partial charge in [0.25, 0.3) is 0 Å². The minimum atomic E-state index is -3.64. The second-order valence-corrected chi connectivity index (χ2v) is 13.2. The van der Waals surface area contributed by atoms with E-state index in [1.807, 2.05) is 24.3 Å². The summed E-state index contributed by atoms with van der Waals surface area (Å²) < 4.78 is 55.7. The third-order valence-corrected chi connectivity index (χ3v) is 12.3. The van der Waals surface area contributed by atoms with Gasteiger partial charge in [-0.2, -0.15) is 8.61 Å². The van der Waals surface area contributed by atoms with E-state index < -0.39 is 20.0 Å². The zero-order valence-corrected chi connectivity index (χ0v) is 18.7.